The Morgan fingerprint density at radius 1 is 1.15 bits per heavy atom. The number of nitrogens with one attached hydrogen (secondary N) is 1. The van der Waals surface area contributed by atoms with Gasteiger partial charge in [0.2, 0.25) is 5.91 Å². The van der Waals surface area contributed by atoms with Crippen molar-refractivity contribution in [1.82, 2.24) is 5.32 Å². The van der Waals surface area contributed by atoms with Crippen molar-refractivity contribution in [2.75, 3.05) is 12.3 Å². The topological polar surface area (TPSA) is 101 Å². The van der Waals surface area contributed by atoms with Crippen molar-refractivity contribution < 1.29 is 27.5 Å². The summed E-state index contributed by atoms with van der Waals surface area (Å²) >= 11 is 0. The number of benzene rings is 1. The maximum Gasteiger partial charge on any atom is 0.303 e. The SMILES string of the molecule is O=C(O)CCC(=O)NCCS(=O)(=O)c1ccc(F)cc1. The zero-order valence-electron chi connectivity index (χ0n) is 10.5. The summed E-state index contributed by atoms with van der Waals surface area (Å²) in [6.45, 7) is -0.127. The Hall–Kier alpha value is -1.96. The van der Waals surface area contributed by atoms with Crippen LogP contribution in [0, 0.1) is 5.82 Å². The highest BCUT2D eigenvalue weighted by molar-refractivity contribution is 7.91. The first-order valence-electron chi connectivity index (χ1n) is 5.78. The minimum atomic E-state index is -3.60. The van der Waals surface area contributed by atoms with Gasteiger partial charge in [0.1, 0.15) is 5.82 Å². The first-order chi connectivity index (χ1) is 9.31. The van der Waals surface area contributed by atoms with Crippen LogP contribution in [0.3, 0.4) is 0 Å². The maximum absolute atomic E-state index is 12.7. The van der Waals surface area contributed by atoms with Gasteiger partial charge in [-0.2, -0.15) is 0 Å². The second kappa shape index (κ2) is 6.99. The highest BCUT2D eigenvalue weighted by atomic mass is 32.2. The molecule has 0 spiro atoms. The number of carbonyl (C=O) groups is 2. The van der Waals surface area contributed by atoms with Gasteiger partial charge in [-0.3, -0.25) is 9.59 Å². The molecule has 0 bridgehead atoms. The van der Waals surface area contributed by atoms with Gasteiger partial charge in [0.15, 0.2) is 9.84 Å². The molecular weight excluding hydrogens is 289 g/mol. The lowest BCUT2D eigenvalue weighted by molar-refractivity contribution is -0.138. The maximum atomic E-state index is 12.7. The van der Waals surface area contributed by atoms with Crippen molar-refractivity contribution in [3.63, 3.8) is 0 Å². The molecule has 1 aromatic carbocycles. The second-order valence-electron chi connectivity index (χ2n) is 4.02. The molecule has 20 heavy (non-hydrogen) atoms. The molecule has 0 aliphatic rings. The highest BCUT2D eigenvalue weighted by Gasteiger charge is 2.14. The van der Waals surface area contributed by atoms with Crippen LogP contribution < -0.4 is 5.32 Å². The minimum absolute atomic E-state index is 0.0290. The molecule has 1 rings (SSSR count). The summed E-state index contributed by atoms with van der Waals surface area (Å²) in [5, 5.41) is 10.7. The lowest BCUT2D eigenvalue weighted by Gasteiger charge is -2.06. The third-order valence-electron chi connectivity index (χ3n) is 2.43. The van der Waals surface area contributed by atoms with Crippen LogP contribution in [0.15, 0.2) is 29.2 Å². The second-order valence-corrected chi connectivity index (χ2v) is 6.13. The van der Waals surface area contributed by atoms with E-state index in [1.807, 2.05) is 0 Å². The van der Waals surface area contributed by atoms with Crippen molar-refractivity contribution in [2.45, 2.75) is 17.7 Å². The number of carbonyl (C=O) groups excluding carboxylic acids is 1. The first kappa shape index (κ1) is 16.1. The molecule has 2 N–H and O–H groups in total. The van der Waals surface area contributed by atoms with E-state index < -0.39 is 27.5 Å². The third kappa shape index (κ3) is 5.35. The van der Waals surface area contributed by atoms with Crippen molar-refractivity contribution >= 4 is 21.7 Å². The molecule has 0 saturated carbocycles. The Labute approximate surface area is 115 Å². The van der Waals surface area contributed by atoms with Crippen LogP contribution in [-0.2, 0) is 19.4 Å². The van der Waals surface area contributed by atoms with Gasteiger partial charge < -0.3 is 10.4 Å². The van der Waals surface area contributed by atoms with E-state index in [0.717, 1.165) is 24.3 Å². The minimum Gasteiger partial charge on any atom is -0.481 e. The van der Waals surface area contributed by atoms with Crippen LogP contribution in [0.25, 0.3) is 0 Å². The Morgan fingerprint density at radius 2 is 1.75 bits per heavy atom. The molecular formula is C12H14FNO5S. The molecule has 0 fully saturated rings. The van der Waals surface area contributed by atoms with E-state index in [0.29, 0.717) is 0 Å². The van der Waals surface area contributed by atoms with Crippen LogP contribution in [0.2, 0.25) is 0 Å². The van der Waals surface area contributed by atoms with Crippen molar-refractivity contribution in [3.05, 3.63) is 30.1 Å². The van der Waals surface area contributed by atoms with E-state index in [9.17, 15) is 22.4 Å². The van der Waals surface area contributed by atoms with Crippen molar-refractivity contribution in [1.29, 1.82) is 0 Å². The van der Waals surface area contributed by atoms with E-state index in [2.05, 4.69) is 5.32 Å². The molecule has 6 nitrogen and oxygen atoms in total. The average molecular weight is 303 g/mol. The lowest BCUT2D eigenvalue weighted by Crippen LogP contribution is -2.29. The fraction of sp³-hybridized carbons (Fsp3) is 0.333. The van der Waals surface area contributed by atoms with Gasteiger partial charge in [0.25, 0.3) is 0 Å². The number of amides is 1. The van der Waals surface area contributed by atoms with Gasteiger partial charge in [-0.15, -0.1) is 0 Å². The number of aliphatic carboxylic acids is 1. The summed E-state index contributed by atoms with van der Waals surface area (Å²) in [5.74, 6) is -2.50. The third-order valence-corrected chi connectivity index (χ3v) is 4.16. The molecule has 0 atom stereocenters. The largest absolute Gasteiger partial charge is 0.481 e. The van der Waals surface area contributed by atoms with Crippen LogP contribution in [0.1, 0.15) is 12.8 Å². The Bertz CT molecular complexity index is 582. The molecule has 1 amide bonds. The Kier molecular flexibility index (Phi) is 5.63. The molecule has 0 aliphatic carbocycles. The van der Waals surface area contributed by atoms with Crippen LogP contribution in [0.5, 0.6) is 0 Å². The molecule has 110 valence electrons. The predicted octanol–water partition coefficient (Wildman–Crippen LogP) is 0.580. The predicted molar refractivity (Wildman–Crippen MR) is 68.3 cm³/mol. The molecule has 0 unspecified atom stereocenters. The normalized spacial score (nSPS) is 11.1. The van der Waals surface area contributed by atoms with Crippen molar-refractivity contribution in [2.24, 2.45) is 0 Å². The quantitative estimate of drug-likeness (QED) is 0.718. The fourth-order valence-electron chi connectivity index (χ4n) is 1.39. The number of rotatable bonds is 7. The van der Waals surface area contributed by atoms with Gasteiger partial charge in [-0.1, -0.05) is 0 Å². The number of halogens is 1. The number of carboxylic acid groups (broad SMARTS) is 1. The Morgan fingerprint density at radius 3 is 2.30 bits per heavy atom. The van der Waals surface area contributed by atoms with E-state index >= 15 is 0 Å². The average Bonchev–Trinajstić information content (AvgIpc) is 2.36. The summed E-state index contributed by atoms with van der Waals surface area (Å²) in [7, 11) is -3.60. The van der Waals surface area contributed by atoms with Crippen molar-refractivity contribution in [3.8, 4) is 0 Å². The smallest absolute Gasteiger partial charge is 0.303 e. The molecule has 0 aliphatic heterocycles. The van der Waals surface area contributed by atoms with Gasteiger partial charge in [0.05, 0.1) is 17.1 Å². The van der Waals surface area contributed by atoms with Crippen LogP contribution >= 0.6 is 0 Å². The van der Waals surface area contributed by atoms with E-state index in [-0.39, 0.29) is 30.0 Å². The summed E-state index contributed by atoms with van der Waals surface area (Å²) in [5.41, 5.74) is 0. The van der Waals surface area contributed by atoms with E-state index in [1.165, 1.54) is 0 Å². The lowest BCUT2D eigenvalue weighted by atomic mass is 10.3. The van der Waals surface area contributed by atoms with Crippen LogP contribution in [0.4, 0.5) is 4.39 Å². The van der Waals surface area contributed by atoms with Gasteiger partial charge in [-0.05, 0) is 24.3 Å². The molecule has 0 radical (unpaired) electrons. The summed E-state index contributed by atoms with van der Waals surface area (Å²) in [6.07, 6.45) is -0.511. The fourth-order valence-corrected chi connectivity index (χ4v) is 2.55. The van der Waals surface area contributed by atoms with Crippen LogP contribution in [-0.4, -0.2) is 37.7 Å². The summed E-state index contributed by atoms with van der Waals surface area (Å²) in [4.78, 5) is 21.4. The molecule has 1 aromatic rings. The number of carboxylic acids is 1. The summed E-state index contributed by atoms with van der Waals surface area (Å²) in [6, 6.07) is 4.38. The molecule has 0 saturated heterocycles. The standard InChI is InChI=1S/C12H14FNO5S/c13-9-1-3-10(4-2-9)20(18,19)8-7-14-11(15)5-6-12(16)17/h1-4H,5-8H2,(H,14,15)(H,16,17). The monoisotopic (exact) mass is 303 g/mol. The first-order valence-corrected chi connectivity index (χ1v) is 7.43. The number of sulfone groups is 1. The molecule has 8 heteroatoms. The van der Waals surface area contributed by atoms with E-state index in [4.69, 9.17) is 5.11 Å². The molecule has 0 heterocycles. The van der Waals surface area contributed by atoms with Gasteiger partial charge >= 0.3 is 5.97 Å². The zero-order valence-corrected chi connectivity index (χ0v) is 11.3. The zero-order chi connectivity index (χ0) is 15.2. The van der Waals surface area contributed by atoms with Gasteiger partial charge in [0, 0.05) is 13.0 Å². The molecule has 0 aromatic heterocycles. The number of hydrogen-bond donors (Lipinski definition) is 2. The Balaban J connectivity index is 2.46. The highest BCUT2D eigenvalue weighted by Crippen LogP contribution is 2.11. The summed E-state index contributed by atoms with van der Waals surface area (Å²) < 4.78 is 36.3. The number of hydrogen-bond acceptors (Lipinski definition) is 4. The van der Waals surface area contributed by atoms with E-state index in [1.54, 1.807) is 0 Å². The van der Waals surface area contributed by atoms with Gasteiger partial charge in [-0.25, -0.2) is 12.8 Å².